The lowest BCUT2D eigenvalue weighted by Gasteiger charge is -2.13. The van der Waals surface area contributed by atoms with Crippen molar-refractivity contribution in [2.24, 2.45) is 0 Å². The summed E-state index contributed by atoms with van der Waals surface area (Å²) < 4.78 is 28.8. The molecule has 8 heteroatoms. The lowest BCUT2D eigenvalue weighted by Crippen LogP contribution is -2.24. The van der Waals surface area contributed by atoms with Crippen LogP contribution in [0.3, 0.4) is 0 Å². The van der Waals surface area contributed by atoms with Crippen LogP contribution in [0.25, 0.3) is 11.8 Å². The van der Waals surface area contributed by atoms with Crippen molar-refractivity contribution in [3.05, 3.63) is 82.7 Å². The second-order valence-corrected chi connectivity index (χ2v) is 7.70. The number of nitrogens with zero attached hydrogens (tertiary/aromatic N) is 3. The highest BCUT2D eigenvalue weighted by molar-refractivity contribution is 7.92. The Kier molecular flexibility index (Phi) is 5.51. The Morgan fingerprint density at radius 1 is 1.12 bits per heavy atom. The molecule has 0 aliphatic carbocycles. The molecule has 1 atom stereocenters. The first-order valence-electron chi connectivity index (χ1n) is 7.84. The highest BCUT2D eigenvalue weighted by Crippen LogP contribution is 2.17. The van der Waals surface area contributed by atoms with Crippen molar-refractivity contribution in [2.45, 2.75) is 13.0 Å². The molecule has 1 N–H and O–H groups in total. The molecule has 0 radical (unpaired) electrons. The van der Waals surface area contributed by atoms with E-state index in [0.717, 1.165) is 22.2 Å². The highest BCUT2D eigenvalue weighted by Gasteiger charge is 2.13. The molecule has 0 saturated heterocycles. The van der Waals surface area contributed by atoms with Crippen molar-refractivity contribution in [3.63, 3.8) is 0 Å². The number of sulfonamides is 1. The second kappa shape index (κ2) is 7.82. The first kappa shape index (κ1) is 18.3. The zero-order valence-corrected chi connectivity index (χ0v) is 15.5. The third-order valence-corrected chi connectivity index (χ3v) is 5.16. The van der Waals surface area contributed by atoms with Crippen LogP contribution in [0.15, 0.2) is 66.6 Å². The highest BCUT2D eigenvalue weighted by atomic mass is 35.5. The fourth-order valence-corrected chi connectivity index (χ4v) is 3.52. The number of aromatic nitrogens is 3. The molecule has 0 saturated carbocycles. The minimum Gasteiger partial charge on any atom is -0.223 e. The molecule has 6 nitrogen and oxygen atoms in total. The Hall–Kier alpha value is -2.48. The fourth-order valence-electron chi connectivity index (χ4n) is 2.35. The van der Waals surface area contributed by atoms with Gasteiger partial charge in [0.05, 0.1) is 5.69 Å². The summed E-state index contributed by atoms with van der Waals surface area (Å²) >= 11 is 5.82. The van der Waals surface area contributed by atoms with Gasteiger partial charge in [0, 0.05) is 16.5 Å². The minimum absolute atomic E-state index is 0.375. The Bertz CT molecular complexity index is 983. The van der Waals surface area contributed by atoms with Crippen LogP contribution >= 0.6 is 11.6 Å². The van der Waals surface area contributed by atoms with Crippen molar-refractivity contribution in [3.8, 4) is 5.69 Å². The summed E-state index contributed by atoms with van der Waals surface area (Å²) in [6, 6.07) is 14.0. The van der Waals surface area contributed by atoms with Crippen LogP contribution in [0, 0.1) is 0 Å². The van der Waals surface area contributed by atoms with Crippen LogP contribution in [0.2, 0.25) is 5.02 Å². The molecule has 0 aliphatic rings. The van der Waals surface area contributed by atoms with Crippen molar-refractivity contribution in [1.29, 1.82) is 0 Å². The molecular formula is C18H17ClN4O2S. The van der Waals surface area contributed by atoms with Crippen molar-refractivity contribution < 1.29 is 8.42 Å². The maximum Gasteiger partial charge on any atom is 0.234 e. The van der Waals surface area contributed by atoms with E-state index in [1.165, 1.54) is 12.4 Å². The van der Waals surface area contributed by atoms with Crippen LogP contribution in [0.4, 0.5) is 0 Å². The average Bonchev–Trinajstić information content (AvgIpc) is 3.16. The predicted octanol–water partition coefficient (Wildman–Crippen LogP) is 3.57. The van der Waals surface area contributed by atoms with E-state index in [9.17, 15) is 8.42 Å². The maximum atomic E-state index is 12.3. The second-order valence-electron chi connectivity index (χ2n) is 5.67. The normalized spacial score (nSPS) is 13.2. The van der Waals surface area contributed by atoms with E-state index in [0.29, 0.717) is 5.02 Å². The molecule has 0 spiro atoms. The monoisotopic (exact) mass is 388 g/mol. The van der Waals surface area contributed by atoms with Gasteiger partial charge in [-0.15, -0.1) is 0 Å². The molecule has 1 aromatic heterocycles. The van der Waals surface area contributed by atoms with E-state index in [4.69, 9.17) is 11.6 Å². The van der Waals surface area contributed by atoms with Crippen LogP contribution in [0.5, 0.6) is 0 Å². The topological polar surface area (TPSA) is 76.9 Å². The van der Waals surface area contributed by atoms with Gasteiger partial charge in [-0.2, -0.15) is 5.10 Å². The maximum absolute atomic E-state index is 12.3. The molecule has 26 heavy (non-hydrogen) atoms. The lowest BCUT2D eigenvalue weighted by molar-refractivity contribution is 0.576. The quantitative estimate of drug-likeness (QED) is 0.700. The molecule has 134 valence electrons. The average molecular weight is 389 g/mol. The van der Waals surface area contributed by atoms with Crippen molar-refractivity contribution >= 4 is 27.7 Å². The zero-order chi connectivity index (χ0) is 18.6. The van der Waals surface area contributed by atoms with Crippen LogP contribution in [0.1, 0.15) is 24.1 Å². The van der Waals surface area contributed by atoms with E-state index >= 15 is 0 Å². The lowest BCUT2D eigenvalue weighted by atomic mass is 10.1. The SMILES string of the molecule is C[C@@H](NS(=O)(=O)/C=C/c1ccc(Cl)cc1)c1ccc(-n2cncn2)cc1. The van der Waals surface area contributed by atoms with Gasteiger partial charge in [-0.1, -0.05) is 35.9 Å². The summed E-state index contributed by atoms with van der Waals surface area (Å²) in [4.78, 5) is 3.90. The number of benzene rings is 2. The molecule has 0 amide bonds. The Labute approximate surface area is 157 Å². The molecule has 0 aliphatic heterocycles. The van der Waals surface area contributed by atoms with Crippen LogP contribution < -0.4 is 4.72 Å². The van der Waals surface area contributed by atoms with Gasteiger partial charge >= 0.3 is 0 Å². The van der Waals surface area contributed by atoms with Gasteiger partial charge in [-0.25, -0.2) is 22.8 Å². The van der Waals surface area contributed by atoms with Gasteiger partial charge in [-0.3, -0.25) is 0 Å². The van der Waals surface area contributed by atoms with Crippen molar-refractivity contribution in [2.75, 3.05) is 0 Å². The van der Waals surface area contributed by atoms with E-state index in [1.807, 2.05) is 24.3 Å². The summed E-state index contributed by atoms with van der Waals surface area (Å²) in [5.41, 5.74) is 2.45. The first-order valence-corrected chi connectivity index (χ1v) is 9.76. The van der Waals surface area contributed by atoms with Crippen molar-refractivity contribution in [1.82, 2.24) is 19.5 Å². The van der Waals surface area contributed by atoms with Crippen LogP contribution in [-0.2, 0) is 10.0 Å². The standard InChI is InChI=1S/C18H17ClN4O2S/c1-14(16-4-8-18(9-5-16)23-13-20-12-21-23)22-26(24,25)11-10-15-2-6-17(19)7-3-15/h2-14,22H,1H3/b11-10+/t14-/m1/s1. The summed E-state index contributed by atoms with van der Waals surface area (Å²) in [5, 5.41) is 5.81. The summed E-state index contributed by atoms with van der Waals surface area (Å²) in [6.07, 6.45) is 4.58. The smallest absolute Gasteiger partial charge is 0.223 e. The molecule has 2 aromatic carbocycles. The molecule has 3 rings (SSSR count). The number of rotatable bonds is 6. The third kappa shape index (κ3) is 4.78. The summed E-state index contributed by atoms with van der Waals surface area (Å²) in [7, 11) is -3.58. The van der Waals surface area contributed by atoms with Gasteiger partial charge in [-0.05, 0) is 48.4 Å². The first-order chi connectivity index (χ1) is 12.4. The van der Waals surface area contributed by atoms with E-state index in [-0.39, 0.29) is 6.04 Å². The number of hydrogen-bond donors (Lipinski definition) is 1. The number of hydrogen-bond acceptors (Lipinski definition) is 4. The largest absolute Gasteiger partial charge is 0.234 e. The molecule has 3 aromatic rings. The van der Waals surface area contributed by atoms with Gasteiger partial charge < -0.3 is 0 Å². The van der Waals surface area contributed by atoms with E-state index in [1.54, 1.807) is 42.2 Å². The van der Waals surface area contributed by atoms with Gasteiger partial charge in [0.25, 0.3) is 0 Å². The zero-order valence-electron chi connectivity index (χ0n) is 13.9. The summed E-state index contributed by atoms with van der Waals surface area (Å²) in [5.74, 6) is 0. The Morgan fingerprint density at radius 3 is 2.42 bits per heavy atom. The molecule has 0 fully saturated rings. The molecule has 1 heterocycles. The van der Waals surface area contributed by atoms with E-state index in [2.05, 4.69) is 14.8 Å². The molecular weight excluding hydrogens is 372 g/mol. The number of halogens is 1. The minimum atomic E-state index is -3.58. The number of nitrogens with one attached hydrogen (secondary N) is 1. The van der Waals surface area contributed by atoms with Crippen LogP contribution in [-0.4, -0.2) is 23.2 Å². The Balaban J connectivity index is 1.68. The van der Waals surface area contributed by atoms with E-state index < -0.39 is 10.0 Å². The van der Waals surface area contributed by atoms with Gasteiger partial charge in [0.1, 0.15) is 12.7 Å². The van der Waals surface area contributed by atoms with Gasteiger partial charge in [0.2, 0.25) is 10.0 Å². The molecule has 0 unspecified atom stereocenters. The fraction of sp³-hybridized carbons (Fsp3) is 0.111. The third-order valence-electron chi connectivity index (χ3n) is 3.73. The van der Waals surface area contributed by atoms with Gasteiger partial charge in [0.15, 0.2) is 0 Å². The molecule has 0 bridgehead atoms. The Morgan fingerprint density at radius 2 is 1.81 bits per heavy atom. The predicted molar refractivity (Wildman–Crippen MR) is 102 cm³/mol. The summed E-state index contributed by atoms with van der Waals surface area (Å²) in [6.45, 7) is 1.79.